The van der Waals surface area contributed by atoms with E-state index in [0.29, 0.717) is 23.9 Å². The maximum Gasteiger partial charge on any atom is 0.268 e. The van der Waals surface area contributed by atoms with Crippen LogP contribution in [0.2, 0.25) is 0 Å². The Bertz CT molecular complexity index is 1000. The van der Waals surface area contributed by atoms with Gasteiger partial charge in [0.05, 0.1) is 39.9 Å². The SMILES string of the molecule is CCCCCCC/C=C\C/C=C\CCCCCCCCCCCCCCCCCC(=O)NC(COP(=O)([O-])OCC[N+](C)(C)C)C(O)CCCCCCCCCCC. The Balaban J connectivity index is 4.04. The van der Waals surface area contributed by atoms with Gasteiger partial charge in [-0.25, -0.2) is 0 Å². The van der Waals surface area contributed by atoms with Gasteiger partial charge in [0.2, 0.25) is 5.91 Å². The zero-order chi connectivity index (χ0) is 42.8. The van der Waals surface area contributed by atoms with E-state index in [1.807, 2.05) is 21.1 Å². The minimum atomic E-state index is -4.56. The molecule has 0 aromatic carbocycles. The number of allylic oxidation sites excluding steroid dienone is 4. The number of amides is 1. The highest BCUT2D eigenvalue weighted by Gasteiger charge is 2.24. The zero-order valence-corrected chi connectivity index (χ0v) is 39.9. The Labute approximate surface area is 360 Å². The van der Waals surface area contributed by atoms with Crippen molar-refractivity contribution in [2.24, 2.45) is 0 Å². The summed E-state index contributed by atoms with van der Waals surface area (Å²) in [7, 11) is 1.31. The Morgan fingerprint density at radius 2 is 1.00 bits per heavy atom. The first-order chi connectivity index (χ1) is 28.0. The van der Waals surface area contributed by atoms with Crippen molar-refractivity contribution >= 4 is 13.7 Å². The largest absolute Gasteiger partial charge is 0.756 e. The van der Waals surface area contributed by atoms with Crippen molar-refractivity contribution < 1.29 is 32.9 Å². The van der Waals surface area contributed by atoms with Crippen molar-refractivity contribution in [3.05, 3.63) is 24.3 Å². The summed E-state index contributed by atoms with van der Waals surface area (Å²) in [5, 5.41) is 13.9. The van der Waals surface area contributed by atoms with E-state index >= 15 is 0 Å². The number of nitrogens with one attached hydrogen (secondary N) is 1. The fraction of sp³-hybridized carbons (Fsp3) is 0.898. The van der Waals surface area contributed by atoms with Crippen molar-refractivity contribution in [2.75, 3.05) is 40.9 Å². The van der Waals surface area contributed by atoms with Crippen LogP contribution >= 0.6 is 7.82 Å². The average Bonchev–Trinajstić information content (AvgIpc) is 3.17. The fourth-order valence-corrected chi connectivity index (χ4v) is 7.97. The van der Waals surface area contributed by atoms with Gasteiger partial charge in [-0.15, -0.1) is 0 Å². The molecular formula is C49H97N2O6P. The molecule has 0 aliphatic heterocycles. The molecule has 58 heavy (non-hydrogen) atoms. The first-order valence-electron chi connectivity index (χ1n) is 24.7. The molecule has 3 unspecified atom stereocenters. The molecule has 0 heterocycles. The Kier molecular flexibility index (Phi) is 40.6. The fourth-order valence-electron chi connectivity index (χ4n) is 7.25. The van der Waals surface area contributed by atoms with Crippen LogP contribution in [0.5, 0.6) is 0 Å². The molecule has 0 aliphatic carbocycles. The molecule has 2 N–H and O–H groups in total. The van der Waals surface area contributed by atoms with Gasteiger partial charge >= 0.3 is 0 Å². The number of quaternary nitrogens is 1. The molecule has 0 aromatic rings. The number of hydrogen-bond acceptors (Lipinski definition) is 6. The van der Waals surface area contributed by atoms with Crippen molar-refractivity contribution in [1.82, 2.24) is 5.32 Å². The Morgan fingerprint density at radius 3 is 1.43 bits per heavy atom. The van der Waals surface area contributed by atoms with E-state index in [2.05, 4.69) is 43.5 Å². The van der Waals surface area contributed by atoms with Crippen LogP contribution < -0.4 is 10.2 Å². The van der Waals surface area contributed by atoms with E-state index in [1.165, 1.54) is 161 Å². The lowest BCUT2D eigenvalue weighted by molar-refractivity contribution is -0.870. The molecular weight excluding hydrogens is 744 g/mol. The summed E-state index contributed by atoms with van der Waals surface area (Å²) in [5.41, 5.74) is 0. The molecule has 8 nitrogen and oxygen atoms in total. The summed E-state index contributed by atoms with van der Waals surface area (Å²) in [6.45, 7) is 4.69. The van der Waals surface area contributed by atoms with E-state index in [1.54, 1.807) is 0 Å². The van der Waals surface area contributed by atoms with Crippen molar-refractivity contribution in [3.63, 3.8) is 0 Å². The summed E-state index contributed by atoms with van der Waals surface area (Å²) in [6.07, 6.45) is 49.2. The van der Waals surface area contributed by atoms with Gasteiger partial charge in [-0.3, -0.25) is 9.36 Å². The molecule has 0 aliphatic rings. The number of aliphatic hydroxyl groups excluding tert-OH is 1. The molecule has 0 bridgehead atoms. The first-order valence-corrected chi connectivity index (χ1v) is 26.1. The standard InChI is InChI=1S/C49H97N2O6P/c1-6-8-10-12-14-16-17-18-19-20-21-22-23-24-25-26-27-28-29-30-31-32-33-35-37-39-41-43-49(53)50-47(46-57-58(54,55)56-45-44-51(3,4)5)48(52)42-40-38-36-34-15-13-11-9-7-2/h17-18,20-21,47-48,52H,6-16,19,22-46H2,1-5H3,(H-,50,53,54,55)/b18-17-,21-20-. The molecule has 0 radical (unpaired) electrons. The minimum absolute atomic E-state index is 0.0132. The maximum absolute atomic E-state index is 12.9. The quantitative estimate of drug-likeness (QED) is 0.0274. The second-order valence-electron chi connectivity index (χ2n) is 18.2. The molecule has 3 atom stereocenters. The van der Waals surface area contributed by atoms with Crippen molar-refractivity contribution in [3.8, 4) is 0 Å². The Hall–Kier alpha value is -1.02. The minimum Gasteiger partial charge on any atom is -0.756 e. The maximum atomic E-state index is 12.9. The topological polar surface area (TPSA) is 108 Å². The number of nitrogens with zero attached hydrogens (tertiary/aromatic N) is 1. The van der Waals surface area contributed by atoms with Crippen LogP contribution in [0.25, 0.3) is 0 Å². The van der Waals surface area contributed by atoms with Crippen LogP contribution in [0.4, 0.5) is 0 Å². The van der Waals surface area contributed by atoms with Gasteiger partial charge in [0, 0.05) is 6.42 Å². The Morgan fingerprint density at radius 1 is 0.603 bits per heavy atom. The van der Waals surface area contributed by atoms with Crippen LogP contribution in [0.15, 0.2) is 24.3 Å². The number of phosphoric acid groups is 1. The van der Waals surface area contributed by atoms with E-state index < -0.39 is 20.0 Å². The van der Waals surface area contributed by atoms with Crippen LogP contribution in [0, 0.1) is 0 Å². The van der Waals surface area contributed by atoms with Gasteiger partial charge in [0.1, 0.15) is 13.2 Å². The molecule has 9 heteroatoms. The van der Waals surface area contributed by atoms with E-state index in [4.69, 9.17) is 9.05 Å². The van der Waals surface area contributed by atoms with Gasteiger partial charge in [0.15, 0.2) is 0 Å². The number of carbonyl (C=O) groups excluding carboxylic acids is 1. The third-order valence-electron chi connectivity index (χ3n) is 11.2. The van der Waals surface area contributed by atoms with Gasteiger partial charge in [-0.05, 0) is 44.9 Å². The molecule has 344 valence electrons. The number of rotatable bonds is 45. The molecule has 0 saturated heterocycles. The average molecular weight is 841 g/mol. The summed E-state index contributed by atoms with van der Waals surface area (Å²) in [6, 6.07) is -0.796. The molecule has 0 fully saturated rings. The molecule has 0 rings (SSSR count). The highest BCUT2D eigenvalue weighted by molar-refractivity contribution is 7.45. The second-order valence-corrected chi connectivity index (χ2v) is 19.6. The predicted octanol–water partition coefficient (Wildman–Crippen LogP) is 13.5. The number of aliphatic hydroxyl groups is 1. The summed E-state index contributed by atoms with van der Waals surface area (Å²) in [4.78, 5) is 25.3. The highest BCUT2D eigenvalue weighted by Crippen LogP contribution is 2.38. The van der Waals surface area contributed by atoms with E-state index in [9.17, 15) is 19.4 Å². The first kappa shape index (κ1) is 57.0. The van der Waals surface area contributed by atoms with Crippen molar-refractivity contribution in [1.29, 1.82) is 0 Å². The van der Waals surface area contributed by atoms with E-state index in [0.717, 1.165) is 44.9 Å². The third kappa shape index (κ3) is 43.1. The third-order valence-corrected chi connectivity index (χ3v) is 12.2. The second kappa shape index (κ2) is 41.3. The van der Waals surface area contributed by atoms with Crippen LogP contribution in [-0.4, -0.2) is 68.5 Å². The van der Waals surface area contributed by atoms with Gasteiger partial charge in [-0.2, -0.15) is 0 Å². The summed E-state index contributed by atoms with van der Waals surface area (Å²) >= 11 is 0. The zero-order valence-electron chi connectivity index (χ0n) is 39.0. The normalized spacial score (nSPS) is 14.4. The van der Waals surface area contributed by atoms with Crippen molar-refractivity contribution in [2.45, 2.75) is 244 Å². The predicted molar refractivity (Wildman–Crippen MR) is 247 cm³/mol. The van der Waals surface area contributed by atoms with Gasteiger partial charge in [-0.1, -0.05) is 205 Å². The highest BCUT2D eigenvalue weighted by atomic mass is 31.2. The van der Waals surface area contributed by atoms with E-state index in [-0.39, 0.29) is 19.1 Å². The number of carbonyl (C=O) groups is 1. The lowest BCUT2D eigenvalue weighted by Gasteiger charge is -2.30. The summed E-state index contributed by atoms with van der Waals surface area (Å²) in [5.74, 6) is -0.166. The molecule has 0 spiro atoms. The lowest BCUT2D eigenvalue weighted by atomic mass is 10.0. The lowest BCUT2D eigenvalue weighted by Crippen LogP contribution is -2.46. The van der Waals surface area contributed by atoms with Gasteiger partial charge < -0.3 is 28.8 Å². The molecule has 0 aromatic heterocycles. The van der Waals surface area contributed by atoms with Crippen LogP contribution in [0.1, 0.15) is 232 Å². The molecule has 1 amide bonds. The monoisotopic (exact) mass is 841 g/mol. The number of unbranched alkanes of at least 4 members (excludes halogenated alkanes) is 28. The number of hydrogen-bond donors (Lipinski definition) is 2. The number of phosphoric ester groups is 1. The summed E-state index contributed by atoms with van der Waals surface area (Å²) < 4.78 is 23.2. The smallest absolute Gasteiger partial charge is 0.268 e. The van der Waals surface area contributed by atoms with Crippen LogP contribution in [-0.2, 0) is 18.4 Å². The van der Waals surface area contributed by atoms with Crippen LogP contribution in [0.3, 0.4) is 0 Å². The van der Waals surface area contributed by atoms with Gasteiger partial charge in [0.25, 0.3) is 7.82 Å². The number of likely N-dealkylation sites (N-methyl/N-ethyl adjacent to an activating group) is 1. The molecule has 0 saturated carbocycles.